The van der Waals surface area contributed by atoms with Crippen LogP contribution in [0, 0.1) is 0 Å². The van der Waals surface area contributed by atoms with E-state index < -0.39 is 82.6 Å². The summed E-state index contributed by atoms with van der Waals surface area (Å²) in [5, 5.41) is 44.9. The fourth-order valence-electron chi connectivity index (χ4n) is 5.92. The minimum Gasteiger partial charge on any atom is -0.507 e. The third-order valence-corrected chi connectivity index (χ3v) is 8.33. The molecule has 1 saturated heterocycles. The highest BCUT2D eigenvalue weighted by Crippen LogP contribution is 2.52. The van der Waals surface area contributed by atoms with Crippen molar-refractivity contribution in [1.29, 1.82) is 0 Å². The summed E-state index contributed by atoms with van der Waals surface area (Å²) in [6.45, 7) is 2.79. The zero-order valence-electron chi connectivity index (χ0n) is 22.8. The van der Waals surface area contributed by atoms with Crippen molar-refractivity contribution in [1.82, 2.24) is 10.9 Å². The topological polar surface area (TPSA) is 184 Å². The summed E-state index contributed by atoms with van der Waals surface area (Å²) in [5.74, 6) is -3.26. The molecule has 2 aromatic carbocycles. The van der Waals surface area contributed by atoms with Crippen LogP contribution >= 0.6 is 24.8 Å². The number of aliphatic hydroxyl groups excluding tert-OH is 1. The molecule has 0 amide bonds. The lowest BCUT2D eigenvalue weighted by Gasteiger charge is -2.42. The van der Waals surface area contributed by atoms with Gasteiger partial charge < -0.3 is 40.1 Å². The maximum absolute atomic E-state index is 13.7. The summed E-state index contributed by atoms with van der Waals surface area (Å²) in [5.41, 5.74) is 2.34. The number of thiocarbonyl (C=S) groups is 1. The highest BCUT2D eigenvalue weighted by Gasteiger charge is 2.49. The first-order valence-corrected chi connectivity index (χ1v) is 14.0. The number of carbonyl (C=O) groups excluding carboxylic acids is 3. The average Bonchev–Trinajstić information content (AvgIpc) is 2.93. The summed E-state index contributed by atoms with van der Waals surface area (Å²) in [7, 11) is 1.34. The van der Waals surface area contributed by atoms with E-state index in [1.54, 1.807) is 6.92 Å². The molecule has 1 fully saturated rings. The molecule has 42 heavy (non-hydrogen) atoms. The van der Waals surface area contributed by atoms with Crippen LogP contribution < -0.4 is 15.6 Å². The van der Waals surface area contributed by atoms with Gasteiger partial charge >= 0.3 is 0 Å². The van der Waals surface area contributed by atoms with Crippen molar-refractivity contribution < 1.29 is 49.0 Å². The molecule has 0 saturated carbocycles. The molecule has 1 heterocycles. The van der Waals surface area contributed by atoms with Crippen molar-refractivity contribution in [2.24, 2.45) is 0 Å². The van der Waals surface area contributed by atoms with Gasteiger partial charge in [0.05, 0.1) is 48.2 Å². The highest BCUT2D eigenvalue weighted by atomic mass is 32.1. The second-order valence-electron chi connectivity index (χ2n) is 10.7. The Hall–Kier alpha value is -3.11. The van der Waals surface area contributed by atoms with E-state index in [1.165, 1.54) is 32.2 Å². The smallest absolute Gasteiger partial charge is 0.202 e. The van der Waals surface area contributed by atoms with Crippen molar-refractivity contribution in [3.05, 3.63) is 51.6 Å². The Morgan fingerprint density at radius 2 is 1.86 bits per heavy atom. The summed E-state index contributed by atoms with van der Waals surface area (Å²) in [6, 6.07) is 3.79. The molecular weight excluding hydrogens is 588 g/mol. The van der Waals surface area contributed by atoms with E-state index in [0.29, 0.717) is 0 Å². The zero-order valence-corrected chi connectivity index (χ0v) is 24.5. The van der Waals surface area contributed by atoms with Crippen LogP contribution in [0.1, 0.15) is 75.8 Å². The number of aliphatic hydroxyl groups is 2. The van der Waals surface area contributed by atoms with E-state index in [4.69, 9.17) is 26.4 Å². The van der Waals surface area contributed by atoms with Crippen molar-refractivity contribution in [3.8, 4) is 17.2 Å². The van der Waals surface area contributed by atoms with Crippen molar-refractivity contribution in [3.63, 3.8) is 0 Å². The van der Waals surface area contributed by atoms with Crippen LogP contribution in [-0.4, -0.2) is 79.3 Å². The third-order valence-electron chi connectivity index (χ3n) is 8.12. The number of nitrogens with one attached hydrogen (secondary N) is 2. The molecule has 224 valence electrons. The number of hydrazine groups is 1. The molecule has 2 aliphatic carbocycles. The minimum atomic E-state index is -2.03. The molecule has 2 aromatic rings. The van der Waals surface area contributed by atoms with Crippen LogP contribution in [0.15, 0.2) is 18.2 Å². The van der Waals surface area contributed by atoms with Gasteiger partial charge in [-0.3, -0.25) is 14.4 Å². The molecule has 14 heteroatoms. The quantitative estimate of drug-likeness (QED) is 0.0911. The molecular formula is C28H30N2O10S2. The monoisotopic (exact) mass is 618 g/mol. The van der Waals surface area contributed by atoms with E-state index in [2.05, 4.69) is 23.5 Å². The van der Waals surface area contributed by atoms with Crippen LogP contribution in [0.5, 0.6) is 17.2 Å². The Kier molecular flexibility index (Phi) is 8.08. The number of hydrogen-bond donors (Lipinski definition) is 7. The largest absolute Gasteiger partial charge is 0.507 e. The Morgan fingerprint density at radius 3 is 2.50 bits per heavy atom. The van der Waals surface area contributed by atoms with E-state index in [-0.39, 0.29) is 45.2 Å². The second-order valence-corrected chi connectivity index (χ2v) is 11.8. The van der Waals surface area contributed by atoms with Crippen LogP contribution in [0.25, 0.3) is 0 Å². The summed E-state index contributed by atoms with van der Waals surface area (Å²) < 4.78 is 17.5. The molecule has 0 bridgehead atoms. The molecule has 4 unspecified atom stereocenters. The van der Waals surface area contributed by atoms with E-state index in [0.717, 1.165) is 0 Å². The van der Waals surface area contributed by atoms with E-state index in [1.807, 2.05) is 0 Å². The standard InChI is InChI=1S/C28H30N2O10S2/c1-10-22(32)14(29-30-27(41)42)7-17(39-10)40-16-9-28(37,11(2)31)8-13-19(16)26(36)21-20(24(13)34)23(33)12-5-4-6-15(38-3)18(12)25(21)35/h4-6,10,14,16-17,22,29,32,34,36-37H,7-9H2,1-3H3,(H2,30,41,42)/t10?,14?,16-,17?,22?,28-/m0/s1. The number of aromatic hydroxyl groups is 2. The Balaban J connectivity index is 1.61. The Morgan fingerprint density at radius 1 is 1.17 bits per heavy atom. The number of carbonyl (C=O) groups is 3. The van der Waals surface area contributed by atoms with Gasteiger partial charge in [0, 0.05) is 36.0 Å². The molecule has 0 radical (unpaired) electrons. The zero-order chi connectivity index (χ0) is 30.7. The Bertz CT molecular complexity index is 1510. The average molecular weight is 619 g/mol. The van der Waals surface area contributed by atoms with Crippen LogP contribution in [0.4, 0.5) is 0 Å². The number of hydrogen-bond acceptors (Lipinski definition) is 12. The first-order chi connectivity index (χ1) is 19.8. The minimum absolute atomic E-state index is 0.0251. The number of rotatable bonds is 6. The van der Waals surface area contributed by atoms with Gasteiger partial charge in [-0.05, 0) is 19.9 Å². The number of phenolic OH excluding ortho intramolecular Hbond substituents is 2. The van der Waals surface area contributed by atoms with Crippen molar-refractivity contribution in [2.45, 2.75) is 69.4 Å². The van der Waals surface area contributed by atoms with Gasteiger partial charge in [-0.15, -0.1) is 12.6 Å². The number of thiol groups is 1. The molecule has 6 N–H and O–H groups in total. The highest BCUT2D eigenvalue weighted by molar-refractivity contribution is 8.11. The number of fused-ring (bicyclic) bond motifs is 3. The second kappa shape index (κ2) is 11.2. The fourth-order valence-corrected chi connectivity index (χ4v) is 6.05. The van der Waals surface area contributed by atoms with Crippen LogP contribution in [-0.2, 0) is 20.7 Å². The summed E-state index contributed by atoms with van der Waals surface area (Å²) in [4.78, 5) is 39.9. The fraction of sp³-hybridized carbons (Fsp3) is 0.429. The molecule has 0 aromatic heterocycles. The first kappa shape index (κ1) is 30.4. The number of ketones is 3. The van der Waals surface area contributed by atoms with Gasteiger partial charge in [0.15, 0.2) is 17.9 Å². The normalized spacial score (nSPS) is 28.4. The van der Waals surface area contributed by atoms with Gasteiger partial charge in [0.1, 0.15) is 27.2 Å². The number of ether oxygens (including phenoxy) is 3. The van der Waals surface area contributed by atoms with Crippen LogP contribution in [0.2, 0.25) is 0 Å². The SMILES string of the molecule is COc1cccc2c1C(=O)c1c(O)c3c(c(O)c1C2=O)C[C@@](O)(C(C)=O)C[C@@H]3OC1CC(NNC(=S)S)C(O)C(C)O1. The maximum atomic E-state index is 13.7. The number of methoxy groups -OCH3 is 1. The lowest BCUT2D eigenvalue weighted by Crippen LogP contribution is -2.58. The predicted molar refractivity (Wildman–Crippen MR) is 154 cm³/mol. The first-order valence-electron chi connectivity index (χ1n) is 13.1. The molecule has 6 atom stereocenters. The van der Waals surface area contributed by atoms with Gasteiger partial charge in [-0.1, -0.05) is 24.4 Å². The summed E-state index contributed by atoms with van der Waals surface area (Å²) in [6.07, 6.45) is -4.76. The van der Waals surface area contributed by atoms with Gasteiger partial charge in [0.2, 0.25) is 5.78 Å². The molecule has 1 aliphatic heterocycles. The molecule has 12 nitrogen and oxygen atoms in total. The lowest BCUT2D eigenvalue weighted by atomic mass is 9.72. The van der Waals surface area contributed by atoms with Gasteiger partial charge in [0.25, 0.3) is 0 Å². The number of Topliss-reactive ketones (excluding diaryl/α,β-unsaturated/α-hetero) is 1. The van der Waals surface area contributed by atoms with Gasteiger partial charge in [-0.25, -0.2) is 5.43 Å². The van der Waals surface area contributed by atoms with E-state index in [9.17, 15) is 34.8 Å². The van der Waals surface area contributed by atoms with Crippen LogP contribution in [0.3, 0.4) is 0 Å². The molecule has 5 rings (SSSR count). The molecule has 0 spiro atoms. The number of phenols is 2. The maximum Gasteiger partial charge on any atom is 0.202 e. The summed E-state index contributed by atoms with van der Waals surface area (Å²) >= 11 is 8.89. The van der Waals surface area contributed by atoms with E-state index >= 15 is 0 Å². The number of benzene rings is 2. The molecule has 3 aliphatic rings. The van der Waals surface area contributed by atoms with Crippen molar-refractivity contribution in [2.75, 3.05) is 7.11 Å². The Labute approximate surface area is 251 Å². The predicted octanol–water partition coefficient (Wildman–Crippen LogP) is 1.38. The van der Waals surface area contributed by atoms with Crippen molar-refractivity contribution >= 4 is 46.5 Å². The lowest BCUT2D eigenvalue weighted by molar-refractivity contribution is -0.250. The third kappa shape index (κ3) is 4.96. The van der Waals surface area contributed by atoms with Gasteiger partial charge in [-0.2, -0.15) is 0 Å².